The first-order valence-electron chi connectivity index (χ1n) is 5.56. The second kappa shape index (κ2) is 5.63. The van der Waals surface area contributed by atoms with Gasteiger partial charge >= 0.3 is 5.97 Å². The zero-order valence-corrected chi connectivity index (χ0v) is 12.2. The van der Waals surface area contributed by atoms with E-state index in [-0.39, 0.29) is 6.42 Å². The molecule has 94 valence electrons. The van der Waals surface area contributed by atoms with Crippen molar-refractivity contribution in [2.24, 2.45) is 0 Å². The summed E-state index contributed by atoms with van der Waals surface area (Å²) in [6.07, 6.45) is 1.01. The molecule has 0 bridgehead atoms. The molecule has 0 spiro atoms. The van der Waals surface area contributed by atoms with Gasteiger partial charge in [0.15, 0.2) is 0 Å². The van der Waals surface area contributed by atoms with Crippen LogP contribution >= 0.6 is 27.3 Å². The Morgan fingerprint density at radius 2 is 2.06 bits per heavy atom. The quantitative estimate of drug-likeness (QED) is 0.931. The molecule has 0 aliphatic carbocycles. The number of hydrogen-bond donors (Lipinski definition) is 1. The molecule has 1 aromatic heterocycles. The van der Waals surface area contributed by atoms with Crippen molar-refractivity contribution in [1.82, 2.24) is 4.98 Å². The molecule has 18 heavy (non-hydrogen) atoms. The molecular weight excluding hydrogens is 314 g/mol. The molecule has 2 aromatic rings. The van der Waals surface area contributed by atoms with E-state index in [0.717, 1.165) is 21.9 Å². The fourth-order valence-electron chi connectivity index (χ4n) is 1.59. The highest BCUT2D eigenvalue weighted by molar-refractivity contribution is 9.10. The van der Waals surface area contributed by atoms with Crippen LogP contribution in [0.25, 0.3) is 10.6 Å². The van der Waals surface area contributed by atoms with Gasteiger partial charge in [0.1, 0.15) is 9.61 Å². The molecule has 3 nitrogen and oxygen atoms in total. The molecule has 0 amide bonds. The lowest BCUT2D eigenvalue weighted by atomic mass is 10.1. The van der Waals surface area contributed by atoms with Crippen LogP contribution in [0.4, 0.5) is 0 Å². The normalized spacial score (nSPS) is 10.6. The van der Waals surface area contributed by atoms with Crippen molar-refractivity contribution in [2.75, 3.05) is 0 Å². The molecule has 1 heterocycles. The first-order valence-corrected chi connectivity index (χ1v) is 7.17. The van der Waals surface area contributed by atoms with Gasteiger partial charge in [-0.2, -0.15) is 0 Å². The van der Waals surface area contributed by atoms with Crippen LogP contribution in [0.2, 0.25) is 0 Å². The number of aliphatic carboxylic acids is 1. The van der Waals surface area contributed by atoms with Gasteiger partial charge in [-0.3, -0.25) is 4.79 Å². The molecule has 5 heteroatoms. The molecule has 0 radical (unpaired) electrons. The first-order chi connectivity index (χ1) is 8.60. The minimum absolute atomic E-state index is 0.00525. The van der Waals surface area contributed by atoms with Crippen molar-refractivity contribution >= 4 is 33.2 Å². The summed E-state index contributed by atoms with van der Waals surface area (Å²) in [5, 5.41) is 9.65. The molecule has 0 fully saturated rings. The van der Waals surface area contributed by atoms with Crippen molar-refractivity contribution < 1.29 is 9.90 Å². The van der Waals surface area contributed by atoms with Crippen molar-refractivity contribution in [3.05, 3.63) is 39.3 Å². The van der Waals surface area contributed by atoms with Crippen LogP contribution in [-0.2, 0) is 17.6 Å². The molecule has 1 N–H and O–H groups in total. The number of halogens is 1. The molecule has 0 atom stereocenters. The largest absolute Gasteiger partial charge is 0.481 e. The summed E-state index contributed by atoms with van der Waals surface area (Å²) < 4.78 is 0.629. The second-order valence-electron chi connectivity index (χ2n) is 3.85. The van der Waals surface area contributed by atoms with E-state index >= 15 is 0 Å². The molecule has 0 saturated carbocycles. The summed E-state index contributed by atoms with van der Waals surface area (Å²) in [5.41, 5.74) is 2.30. The molecule has 0 unspecified atom stereocenters. The zero-order valence-electron chi connectivity index (χ0n) is 9.81. The van der Waals surface area contributed by atoms with E-state index in [1.54, 1.807) is 0 Å². The van der Waals surface area contributed by atoms with Crippen molar-refractivity contribution in [3.63, 3.8) is 0 Å². The van der Waals surface area contributed by atoms with Gasteiger partial charge in [0.25, 0.3) is 0 Å². The van der Waals surface area contributed by atoms with Gasteiger partial charge in [0, 0.05) is 5.56 Å². The maximum absolute atomic E-state index is 10.7. The number of carboxylic acids is 1. The van der Waals surface area contributed by atoms with Gasteiger partial charge < -0.3 is 5.11 Å². The van der Waals surface area contributed by atoms with Gasteiger partial charge in [0.05, 0.1) is 11.3 Å². The van der Waals surface area contributed by atoms with E-state index in [1.165, 1.54) is 16.9 Å². The molecule has 0 saturated heterocycles. The summed E-state index contributed by atoms with van der Waals surface area (Å²) >= 11 is 4.72. The average molecular weight is 326 g/mol. The SMILES string of the molecule is CCc1ccc(-c2nc(Br)c(CC(=O)O)s2)cc1. The second-order valence-corrected chi connectivity index (χ2v) is 5.69. The van der Waals surface area contributed by atoms with Gasteiger partial charge in [-0.25, -0.2) is 4.98 Å². The van der Waals surface area contributed by atoms with Gasteiger partial charge in [-0.15, -0.1) is 11.3 Å². The standard InChI is InChI=1S/C13H12BrNO2S/c1-2-8-3-5-9(6-4-8)13-15-12(14)10(18-13)7-11(16)17/h3-6H,2,7H2,1H3,(H,16,17). The number of benzene rings is 1. The Balaban J connectivity index is 2.30. The number of rotatable bonds is 4. The van der Waals surface area contributed by atoms with Crippen LogP contribution in [0, 0.1) is 0 Å². The van der Waals surface area contributed by atoms with Crippen molar-refractivity contribution in [1.29, 1.82) is 0 Å². The number of thiazole rings is 1. The summed E-state index contributed by atoms with van der Waals surface area (Å²) in [5.74, 6) is -0.841. The number of carboxylic acid groups (broad SMARTS) is 1. The van der Waals surface area contributed by atoms with E-state index < -0.39 is 5.97 Å². The topological polar surface area (TPSA) is 50.2 Å². The van der Waals surface area contributed by atoms with E-state index in [1.807, 2.05) is 12.1 Å². The third kappa shape index (κ3) is 2.97. The Bertz CT molecular complexity index is 563. The fraction of sp³-hybridized carbons (Fsp3) is 0.231. The Hall–Kier alpha value is -1.20. The Labute approximate surface area is 118 Å². The van der Waals surface area contributed by atoms with Gasteiger partial charge in [-0.1, -0.05) is 31.2 Å². The van der Waals surface area contributed by atoms with Crippen LogP contribution in [0.3, 0.4) is 0 Å². The summed E-state index contributed by atoms with van der Waals surface area (Å²) in [6.45, 7) is 2.11. The number of nitrogens with zero attached hydrogens (tertiary/aromatic N) is 1. The van der Waals surface area contributed by atoms with Crippen molar-refractivity contribution in [3.8, 4) is 10.6 Å². The van der Waals surface area contributed by atoms with E-state index in [9.17, 15) is 4.79 Å². The first kappa shape index (κ1) is 13.2. The number of carbonyl (C=O) groups is 1. The van der Waals surface area contributed by atoms with E-state index in [0.29, 0.717) is 4.60 Å². The highest BCUT2D eigenvalue weighted by Gasteiger charge is 2.13. The van der Waals surface area contributed by atoms with Crippen LogP contribution in [0.1, 0.15) is 17.4 Å². The lowest BCUT2D eigenvalue weighted by Gasteiger charge is -1.98. The lowest BCUT2D eigenvalue weighted by Crippen LogP contribution is -1.98. The molecule has 2 rings (SSSR count). The number of hydrogen-bond acceptors (Lipinski definition) is 3. The van der Waals surface area contributed by atoms with E-state index in [4.69, 9.17) is 5.11 Å². The number of aryl methyl sites for hydroxylation is 1. The van der Waals surface area contributed by atoms with Crippen LogP contribution < -0.4 is 0 Å². The minimum atomic E-state index is -0.841. The third-order valence-electron chi connectivity index (χ3n) is 2.57. The highest BCUT2D eigenvalue weighted by Crippen LogP contribution is 2.31. The van der Waals surface area contributed by atoms with Gasteiger partial charge in [0.2, 0.25) is 0 Å². The van der Waals surface area contributed by atoms with Crippen LogP contribution in [0.15, 0.2) is 28.9 Å². The third-order valence-corrected chi connectivity index (χ3v) is 4.59. The van der Waals surface area contributed by atoms with Crippen LogP contribution in [-0.4, -0.2) is 16.1 Å². The number of aromatic nitrogens is 1. The monoisotopic (exact) mass is 325 g/mol. The van der Waals surface area contributed by atoms with E-state index in [2.05, 4.69) is 40.0 Å². The maximum Gasteiger partial charge on any atom is 0.308 e. The molecule has 0 aliphatic rings. The summed E-state index contributed by atoms with van der Waals surface area (Å²) in [6, 6.07) is 8.19. The summed E-state index contributed by atoms with van der Waals surface area (Å²) in [7, 11) is 0. The van der Waals surface area contributed by atoms with Gasteiger partial charge in [-0.05, 0) is 27.9 Å². The predicted molar refractivity (Wildman–Crippen MR) is 76.0 cm³/mol. The smallest absolute Gasteiger partial charge is 0.308 e. The lowest BCUT2D eigenvalue weighted by molar-refractivity contribution is -0.136. The zero-order chi connectivity index (χ0) is 13.1. The highest BCUT2D eigenvalue weighted by atomic mass is 79.9. The Morgan fingerprint density at radius 3 is 2.61 bits per heavy atom. The predicted octanol–water partition coefficient (Wildman–Crippen LogP) is 3.76. The Kier molecular flexibility index (Phi) is 4.14. The minimum Gasteiger partial charge on any atom is -0.481 e. The Morgan fingerprint density at radius 1 is 1.39 bits per heavy atom. The maximum atomic E-state index is 10.7. The molecule has 0 aliphatic heterocycles. The molecular formula is C13H12BrNO2S. The molecule has 1 aromatic carbocycles. The fourth-order valence-corrected chi connectivity index (χ4v) is 3.21. The summed E-state index contributed by atoms with van der Waals surface area (Å²) in [4.78, 5) is 15.8. The van der Waals surface area contributed by atoms with Crippen LogP contribution in [0.5, 0.6) is 0 Å². The van der Waals surface area contributed by atoms with Crippen molar-refractivity contribution in [2.45, 2.75) is 19.8 Å². The average Bonchev–Trinajstić information content (AvgIpc) is 2.70.